The molecule has 0 aliphatic carbocycles. The summed E-state index contributed by atoms with van der Waals surface area (Å²) >= 11 is 6.14. The summed E-state index contributed by atoms with van der Waals surface area (Å²) < 4.78 is 8.46. The number of aryl methyl sites for hydroxylation is 2. The van der Waals surface area contributed by atoms with Crippen molar-refractivity contribution in [3.8, 4) is 0 Å². The number of imidazole rings is 1. The van der Waals surface area contributed by atoms with E-state index >= 15 is 0 Å². The van der Waals surface area contributed by atoms with Crippen LogP contribution >= 0.6 is 11.6 Å². The maximum Gasteiger partial charge on any atom is 0.326 e. The predicted octanol–water partition coefficient (Wildman–Crippen LogP) is 1.94. The quantitative estimate of drug-likeness (QED) is 0.636. The van der Waals surface area contributed by atoms with Crippen molar-refractivity contribution in [1.29, 1.82) is 0 Å². The third kappa shape index (κ3) is 2.45. The van der Waals surface area contributed by atoms with E-state index in [4.69, 9.17) is 16.3 Å². The number of hydrogen-bond acceptors (Lipinski definition) is 4. The Morgan fingerprint density at radius 2 is 2.21 bits per heavy atom. The largest absolute Gasteiger partial charge is 0.465 e. The monoisotopic (exact) mass is 284 g/mol. The minimum Gasteiger partial charge on any atom is -0.465 e. The van der Waals surface area contributed by atoms with E-state index in [0.29, 0.717) is 12.4 Å². The number of alkyl halides is 1. The Bertz CT molecular complexity index is 615. The van der Waals surface area contributed by atoms with Gasteiger partial charge < -0.3 is 9.30 Å². The van der Waals surface area contributed by atoms with Crippen LogP contribution in [0.4, 0.5) is 0 Å². The fourth-order valence-electron chi connectivity index (χ4n) is 2.15. The number of esters is 1. The smallest absolute Gasteiger partial charge is 0.326 e. The maximum absolute atomic E-state index is 11.7. The molecule has 0 aliphatic rings. The van der Waals surface area contributed by atoms with Gasteiger partial charge in [0.05, 0.1) is 17.7 Å². The Morgan fingerprint density at radius 1 is 1.53 bits per heavy atom. The van der Waals surface area contributed by atoms with E-state index in [9.17, 15) is 4.79 Å². The minimum atomic E-state index is -0.306. The van der Waals surface area contributed by atoms with E-state index in [-0.39, 0.29) is 17.9 Å². The van der Waals surface area contributed by atoms with Gasteiger partial charge in [-0.1, -0.05) is 0 Å². The third-order valence-electron chi connectivity index (χ3n) is 2.87. The van der Waals surface area contributed by atoms with Crippen molar-refractivity contribution in [3.63, 3.8) is 0 Å². The number of aromatic nitrogens is 4. The summed E-state index contributed by atoms with van der Waals surface area (Å²) in [5.74, 6) is 0.347. The molecule has 1 unspecified atom stereocenters. The molecule has 0 N–H and O–H groups in total. The van der Waals surface area contributed by atoms with Crippen LogP contribution in [0.3, 0.4) is 0 Å². The summed E-state index contributed by atoms with van der Waals surface area (Å²) in [7, 11) is 1.82. The van der Waals surface area contributed by atoms with Crippen LogP contribution in [-0.2, 0) is 23.1 Å². The highest BCUT2D eigenvalue weighted by atomic mass is 35.5. The average molecular weight is 285 g/mol. The number of ether oxygens (including phenoxy) is 1. The predicted molar refractivity (Wildman–Crippen MR) is 72.1 cm³/mol. The Hall–Kier alpha value is -1.56. The standard InChI is InChI=1S/C12H17ClN4O2/c1-5-19-9(18)6-17-11(7(2)13)14-10-8(3)15-16(4)12(10)17/h7H,5-6H2,1-4H3. The van der Waals surface area contributed by atoms with Crippen molar-refractivity contribution in [2.24, 2.45) is 7.05 Å². The third-order valence-corrected chi connectivity index (χ3v) is 3.06. The summed E-state index contributed by atoms with van der Waals surface area (Å²) in [5, 5.41) is 4.01. The number of nitrogens with zero attached hydrogens (tertiary/aromatic N) is 4. The summed E-state index contributed by atoms with van der Waals surface area (Å²) in [4.78, 5) is 16.2. The van der Waals surface area contributed by atoms with Crippen molar-refractivity contribution in [3.05, 3.63) is 11.5 Å². The van der Waals surface area contributed by atoms with Gasteiger partial charge in [-0.25, -0.2) is 4.98 Å². The topological polar surface area (TPSA) is 61.9 Å². The van der Waals surface area contributed by atoms with Crippen LogP contribution in [0, 0.1) is 6.92 Å². The Kier molecular flexibility index (Phi) is 3.80. The lowest BCUT2D eigenvalue weighted by molar-refractivity contribution is -0.143. The van der Waals surface area contributed by atoms with Crippen molar-refractivity contribution in [2.45, 2.75) is 32.7 Å². The van der Waals surface area contributed by atoms with Gasteiger partial charge in [-0.15, -0.1) is 11.6 Å². The van der Waals surface area contributed by atoms with Crippen LogP contribution in [0.25, 0.3) is 11.2 Å². The molecule has 1 atom stereocenters. The van der Waals surface area contributed by atoms with E-state index in [1.54, 1.807) is 16.2 Å². The lowest BCUT2D eigenvalue weighted by Crippen LogP contribution is -2.17. The first-order valence-electron chi connectivity index (χ1n) is 6.15. The molecule has 0 bridgehead atoms. The summed E-state index contributed by atoms with van der Waals surface area (Å²) in [6, 6.07) is 0. The molecular formula is C12H17ClN4O2. The molecule has 0 spiro atoms. The Labute approximate surface area is 116 Å². The highest BCUT2D eigenvalue weighted by Gasteiger charge is 2.21. The van der Waals surface area contributed by atoms with Gasteiger partial charge in [-0.3, -0.25) is 9.48 Å². The number of fused-ring (bicyclic) bond motifs is 1. The first-order valence-corrected chi connectivity index (χ1v) is 6.58. The van der Waals surface area contributed by atoms with E-state index in [1.807, 2.05) is 20.9 Å². The molecule has 0 saturated carbocycles. The van der Waals surface area contributed by atoms with Crippen LogP contribution in [0.5, 0.6) is 0 Å². The van der Waals surface area contributed by atoms with Gasteiger partial charge in [-0.05, 0) is 20.8 Å². The second-order valence-electron chi connectivity index (χ2n) is 4.36. The van der Waals surface area contributed by atoms with Crippen molar-refractivity contribution in [1.82, 2.24) is 19.3 Å². The Balaban J connectivity index is 2.54. The second kappa shape index (κ2) is 5.21. The van der Waals surface area contributed by atoms with Crippen molar-refractivity contribution < 1.29 is 9.53 Å². The molecule has 2 heterocycles. The average Bonchev–Trinajstić information content (AvgIpc) is 2.80. The lowest BCUT2D eigenvalue weighted by Gasteiger charge is -2.10. The minimum absolute atomic E-state index is 0.0930. The molecule has 0 amide bonds. The van der Waals surface area contributed by atoms with Crippen molar-refractivity contribution >= 4 is 28.7 Å². The van der Waals surface area contributed by atoms with Gasteiger partial charge in [0.25, 0.3) is 0 Å². The number of halogens is 1. The fourth-order valence-corrected chi connectivity index (χ4v) is 2.31. The van der Waals surface area contributed by atoms with Crippen LogP contribution in [0.15, 0.2) is 0 Å². The van der Waals surface area contributed by atoms with E-state index in [0.717, 1.165) is 16.9 Å². The molecule has 0 saturated heterocycles. The Morgan fingerprint density at radius 3 is 2.79 bits per heavy atom. The van der Waals surface area contributed by atoms with Crippen LogP contribution in [0.1, 0.15) is 30.7 Å². The van der Waals surface area contributed by atoms with Crippen LogP contribution in [0.2, 0.25) is 0 Å². The van der Waals surface area contributed by atoms with Crippen LogP contribution in [-0.4, -0.2) is 31.9 Å². The van der Waals surface area contributed by atoms with Gasteiger partial charge in [0.15, 0.2) is 5.65 Å². The van der Waals surface area contributed by atoms with E-state index in [2.05, 4.69) is 10.1 Å². The summed E-state index contributed by atoms with van der Waals surface area (Å²) in [6.07, 6.45) is 0. The molecule has 104 valence electrons. The van der Waals surface area contributed by atoms with Crippen molar-refractivity contribution in [2.75, 3.05) is 6.61 Å². The zero-order valence-electron chi connectivity index (χ0n) is 11.5. The molecule has 0 aromatic carbocycles. The van der Waals surface area contributed by atoms with E-state index in [1.165, 1.54) is 0 Å². The molecule has 0 radical (unpaired) electrons. The second-order valence-corrected chi connectivity index (χ2v) is 5.01. The zero-order valence-corrected chi connectivity index (χ0v) is 12.2. The lowest BCUT2D eigenvalue weighted by atomic mass is 10.4. The first kappa shape index (κ1) is 13.9. The number of rotatable bonds is 4. The normalized spacial score (nSPS) is 12.9. The maximum atomic E-state index is 11.7. The molecule has 2 rings (SSSR count). The molecule has 2 aromatic heterocycles. The highest BCUT2D eigenvalue weighted by Crippen LogP contribution is 2.25. The van der Waals surface area contributed by atoms with Gasteiger partial charge in [0.1, 0.15) is 17.9 Å². The zero-order chi connectivity index (χ0) is 14.2. The number of carbonyl (C=O) groups is 1. The molecule has 19 heavy (non-hydrogen) atoms. The summed E-state index contributed by atoms with van der Waals surface area (Å²) in [5.41, 5.74) is 2.38. The number of carbonyl (C=O) groups excluding carboxylic acids is 1. The van der Waals surface area contributed by atoms with Gasteiger partial charge >= 0.3 is 5.97 Å². The molecule has 6 nitrogen and oxygen atoms in total. The SMILES string of the molecule is CCOC(=O)Cn1c(C(C)Cl)nc2c(C)nn(C)c21. The summed E-state index contributed by atoms with van der Waals surface area (Å²) in [6.45, 7) is 5.93. The van der Waals surface area contributed by atoms with E-state index < -0.39 is 0 Å². The molecule has 0 fully saturated rings. The molecular weight excluding hydrogens is 268 g/mol. The van der Waals surface area contributed by atoms with Gasteiger partial charge in [-0.2, -0.15) is 5.10 Å². The molecule has 2 aromatic rings. The molecule has 7 heteroatoms. The van der Waals surface area contributed by atoms with Gasteiger partial charge in [0.2, 0.25) is 0 Å². The highest BCUT2D eigenvalue weighted by molar-refractivity contribution is 6.20. The first-order chi connectivity index (χ1) is 8.95. The number of hydrogen-bond donors (Lipinski definition) is 0. The van der Waals surface area contributed by atoms with Gasteiger partial charge in [0, 0.05) is 7.05 Å². The fraction of sp³-hybridized carbons (Fsp3) is 0.583. The molecule has 0 aliphatic heterocycles. The van der Waals surface area contributed by atoms with Crippen LogP contribution < -0.4 is 0 Å².